The molecule has 0 saturated carbocycles. The lowest BCUT2D eigenvalue weighted by Gasteiger charge is -2.35. The summed E-state index contributed by atoms with van der Waals surface area (Å²) >= 11 is 6.15. The third-order valence-corrected chi connectivity index (χ3v) is 4.41. The van der Waals surface area contributed by atoms with Gasteiger partial charge in [0.1, 0.15) is 29.7 Å². The average Bonchev–Trinajstić information content (AvgIpc) is 2.61. The predicted molar refractivity (Wildman–Crippen MR) is 92.2 cm³/mol. The highest BCUT2D eigenvalue weighted by Crippen LogP contribution is 2.29. The Kier molecular flexibility index (Phi) is 6.40. The van der Waals surface area contributed by atoms with Crippen LogP contribution < -0.4 is 10.6 Å². The SMILES string of the molecule is CCc1c(C#N)c(Cl)nc(N2CCN(CCOC(N)=O)CC2)c1C#N. The number of rotatable bonds is 5. The second-order valence-corrected chi connectivity index (χ2v) is 5.89. The van der Waals surface area contributed by atoms with Crippen LogP contribution in [0.4, 0.5) is 10.6 Å². The zero-order valence-electron chi connectivity index (χ0n) is 14.0. The van der Waals surface area contributed by atoms with E-state index in [-0.39, 0.29) is 17.3 Å². The maximum absolute atomic E-state index is 10.6. The minimum atomic E-state index is -0.777. The number of halogens is 1. The Labute approximate surface area is 151 Å². The molecule has 2 rings (SSSR count). The molecular weight excluding hydrogens is 344 g/mol. The van der Waals surface area contributed by atoms with Crippen LogP contribution in [-0.2, 0) is 11.2 Å². The molecule has 0 radical (unpaired) electrons. The molecule has 1 aliphatic rings. The van der Waals surface area contributed by atoms with Crippen LogP contribution in [0.1, 0.15) is 23.6 Å². The number of hydrogen-bond acceptors (Lipinski definition) is 7. The van der Waals surface area contributed by atoms with Crippen molar-refractivity contribution < 1.29 is 9.53 Å². The van der Waals surface area contributed by atoms with Crippen molar-refractivity contribution in [2.45, 2.75) is 13.3 Å². The largest absolute Gasteiger partial charge is 0.448 e. The first-order valence-corrected chi connectivity index (χ1v) is 8.31. The number of carbonyl (C=O) groups excluding carboxylic acids is 1. The van der Waals surface area contributed by atoms with Gasteiger partial charge in [-0.25, -0.2) is 9.78 Å². The Morgan fingerprint density at radius 2 is 1.92 bits per heavy atom. The van der Waals surface area contributed by atoms with Crippen LogP contribution >= 0.6 is 11.6 Å². The molecule has 1 saturated heterocycles. The number of pyridine rings is 1. The number of aromatic nitrogens is 1. The molecule has 8 nitrogen and oxygen atoms in total. The molecule has 0 unspecified atom stereocenters. The first-order chi connectivity index (χ1) is 12.0. The van der Waals surface area contributed by atoms with Gasteiger partial charge in [0.2, 0.25) is 0 Å². The first-order valence-electron chi connectivity index (χ1n) is 7.93. The van der Waals surface area contributed by atoms with Crippen LogP contribution in [0.5, 0.6) is 0 Å². The van der Waals surface area contributed by atoms with Gasteiger partial charge >= 0.3 is 6.09 Å². The number of amides is 1. The third kappa shape index (κ3) is 4.30. The lowest BCUT2D eigenvalue weighted by molar-refractivity contribution is 0.133. The second-order valence-electron chi connectivity index (χ2n) is 5.53. The fourth-order valence-corrected chi connectivity index (χ4v) is 3.10. The van der Waals surface area contributed by atoms with E-state index in [2.05, 4.69) is 16.0 Å². The summed E-state index contributed by atoms with van der Waals surface area (Å²) < 4.78 is 4.74. The van der Waals surface area contributed by atoms with E-state index in [1.807, 2.05) is 17.9 Å². The summed E-state index contributed by atoms with van der Waals surface area (Å²) in [5, 5.41) is 18.9. The lowest BCUT2D eigenvalue weighted by Crippen LogP contribution is -2.48. The highest BCUT2D eigenvalue weighted by molar-refractivity contribution is 6.30. The molecular formula is C16H19ClN6O2. The third-order valence-electron chi connectivity index (χ3n) is 4.14. The van der Waals surface area contributed by atoms with E-state index in [1.54, 1.807) is 0 Å². The number of nitrogens with two attached hydrogens (primary N) is 1. The van der Waals surface area contributed by atoms with Gasteiger partial charge in [0, 0.05) is 32.7 Å². The normalized spacial score (nSPS) is 14.6. The first kappa shape index (κ1) is 18.8. The molecule has 1 aromatic rings. The fourth-order valence-electron chi connectivity index (χ4n) is 2.86. The lowest BCUT2D eigenvalue weighted by atomic mass is 10.0. The highest BCUT2D eigenvalue weighted by Gasteiger charge is 2.24. The topological polar surface area (TPSA) is 119 Å². The van der Waals surface area contributed by atoms with Crippen molar-refractivity contribution >= 4 is 23.5 Å². The standard InChI is InChI=1S/C16H19ClN6O2/c1-2-11-12(9-18)14(17)21-15(13(11)10-19)23-5-3-22(4-6-23)7-8-25-16(20)24/h2-8H2,1H3,(H2,20,24). The van der Waals surface area contributed by atoms with Crippen LogP contribution in [0.3, 0.4) is 0 Å². The van der Waals surface area contributed by atoms with Gasteiger partial charge < -0.3 is 15.4 Å². The van der Waals surface area contributed by atoms with E-state index >= 15 is 0 Å². The summed E-state index contributed by atoms with van der Waals surface area (Å²) in [7, 11) is 0. The second kappa shape index (κ2) is 8.52. The number of ether oxygens (including phenoxy) is 1. The van der Waals surface area contributed by atoms with E-state index in [0.717, 1.165) is 13.1 Å². The summed E-state index contributed by atoms with van der Waals surface area (Å²) in [4.78, 5) is 19.0. The maximum Gasteiger partial charge on any atom is 0.404 e. The van der Waals surface area contributed by atoms with E-state index in [9.17, 15) is 15.3 Å². The molecule has 1 amide bonds. The fraction of sp³-hybridized carbons (Fsp3) is 0.500. The Bertz CT molecular complexity index is 732. The van der Waals surface area contributed by atoms with Crippen LogP contribution in [0, 0.1) is 22.7 Å². The minimum absolute atomic E-state index is 0.130. The van der Waals surface area contributed by atoms with Crippen molar-refractivity contribution in [1.82, 2.24) is 9.88 Å². The minimum Gasteiger partial charge on any atom is -0.448 e. The van der Waals surface area contributed by atoms with Gasteiger partial charge in [-0.3, -0.25) is 4.90 Å². The molecule has 1 fully saturated rings. The van der Waals surface area contributed by atoms with Crippen LogP contribution in [0.2, 0.25) is 5.15 Å². The summed E-state index contributed by atoms with van der Waals surface area (Å²) in [6, 6.07) is 4.21. The molecule has 0 aromatic carbocycles. The molecule has 0 aliphatic carbocycles. The van der Waals surface area contributed by atoms with Gasteiger partial charge in [-0.15, -0.1) is 0 Å². The van der Waals surface area contributed by atoms with Gasteiger partial charge in [-0.2, -0.15) is 10.5 Å². The van der Waals surface area contributed by atoms with Crippen molar-refractivity contribution in [2.75, 3.05) is 44.2 Å². The zero-order chi connectivity index (χ0) is 18.4. The van der Waals surface area contributed by atoms with E-state index in [1.165, 1.54) is 0 Å². The zero-order valence-corrected chi connectivity index (χ0v) is 14.7. The molecule has 9 heteroatoms. The molecule has 1 aromatic heterocycles. The molecule has 0 bridgehead atoms. The van der Waals surface area contributed by atoms with Crippen molar-refractivity contribution in [1.29, 1.82) is 10.5 Å². The summed E-state index contributed by atoms with van der Waals surface area (Å²) in [5.41, 5.74) is 6.26. The monoisotopic (exact) mass is 362 g/mol. The number of carbonyl (C=O) groups is 1. The Balaban J connectivity index is 2.13. The molecule has 2 N–H and O–H groups in total. The van der Waals surface area contributed by atoms with Crippen LogP contribution in [0.15, 0.2) is 0 Å². The predicted octanol–water partition coefficient (Wildman–Crippen LogP) is 1.26. The van der Waals surface area contributed by atoms with Gasteiger partial charge in [-0.05, 0) is 12.0 Å². The summed E-state index contributed by atoms with van der Waals surface area (Å²) in [5.74, 6) is 0.524. The summed E-state index contributed by atoms with van der Waals surface area (Å²) in [6.07, 6.45) is -0.244. The number of hydrogen-bond donors (Lipinski definition) is 1. The number of primary amides is 1. The van der Waals surface area contributed by atoms with Crippen LogP contribution in [-0.4, -0.2) is 55.3 Å². The highest BCUT2D eigenvalue weighted by atomic mass is 35.5. The molecule has 0 atom stereocenters. The number of nitrogens with zero attached hydrogens (tertiary/aromatic N) is 5. The average molecular weight is 363 g/mol. The van der Waals surface area contributed by atoms with Crippen molar-refractivity contribution in [2.24, 2.45) is 5.73 Å². The van der Waals surface area contributed by atoms with E-state index in [4.69, 9.17) is 22.1 Å². The Morgan fingerprint density at radius 1 is 1.28 bits per heavy atom. The van der Waals surface area contributed by atoms with Gasteiger partial charge in [-0.1, -0.05) is 18.5 Å². The molecule has 0 spiro atoms. The van der Waals surface area contributed by atoms with Gasteiger partial charge in [0.25, 0.3) is 0 Å². The molecule has 2 heterocycles. The van der Waals surface area contributed by atoms with Crippen molar-refractivity contribution in [3.8, 4) is 12.1 Å². The smallest absolute Gasteiger partial charge is 0.404 e. The van der Waals surface area contributed by atoms with Crippen molar-refractivity contribution in [3.63, 3.8) is 0 Å². The van der Waals surface area contributed by atoms with Crippen LogP contribution in [0.25, 0.3) is 0 Å². The van der Waals surface area contributed by atoms with E-state index in [0.29, 0.717) is 43.0 Å². The molecule has 132 valence electrons. The van der Waals surface area contributed by atoms with Gasteiger partial charge in [0.15, 0.2) is 0 Å². The van der Waals surface area contributed by atoms with E-state index < -0.39 is 6.09 Å². The Hall–Kier alpha value is -2.55. The molecule has 25 heavy (non-hydrogen) atoms. The quantitative estimate of drug-likeness (QED) is 0.783. The maximum atomic E-state index is 10.6. The number of anilines is 1. The number of piperazine rings is 1. The Morgan fingerprint density at radius 3 is 2.44 bits per heavy atom. The van der Waals surface area contributed by atoms with Crippen molar-refractivity contribution in [3.05, 3.63) is 21.8 Å². The number of nitriles is 2. The summed E-state index contributed by atoms with van der Waals surface area (Å²) in [6.45, 7) is 5.51. The van der Waals surface area contributed by atoms with Gasteiger partial charge in [0.05, 0.1) is 11.1 Å². The molecule has 1 aliphatic heterocycles.